The molecule has 0 saturated carbocycles. The van der Waals surface area contributed by atoms with Gasteiger partial charge in [0, 0.05) is 0 Å². The van der Waals surface area contributed by atoms with Crippen LogP contribution in [0.3, 0.4) is 0 Å². The fraction of sp³-hybridized carbons (Fsp3) is 0.588. The maximum absolute atomic E-state index is 8.43. The third-order valence-corrected chi connectivity index (χ3v) is 3.94. The van der Waals surface area contributed by atoms with Gasteiger partial charge in [-0.3, -0.25) is 10.7 Å². The van der Waals surface area contributed by atoms with Crippen LogP contribution >= 0.6 is 0 Å². The summed E-state index contributed by atoms with van der Waals surface area (Å²) in [5.74, 6) is 0.868. The molecule has 1 aliphatic rings. The van der Waals surface area contributed by atoms with Crippen LogP contribution in [-0.4, -0.2) is 42.7 Å². The zero-order valence-corrected chi connectivity index (χ0v) is 13.2. The summed E-state index contributed by atoms with van der Waals surface area (Å²) >= 11 is 0. The topological polar surface area (TPSA) is 57.1 Å². The number of aliphatic imine (C=N–C) groups is 1. The Hall–Kier alpha value is -1.59. The van der Waals surface area contributed by atoms with Crippen LogP contribution in [0.4, 0.5) is 5.69 Å². The zero-order valence-electron chi connectivity index (χ0n) is 13.2. The molecule has 0 aromatic heterocycles. The van der Waals surface area contributed by atoms with Crippen molar-refractivity contribution in [1.29, 1.82) is 0 Å². The van der Waals surface area contributed by atoms with Crippen LogP contribution in [0, 0.1) is 0 Å². The second-order valence-corrected chi connectivity index (χ2v) is 5.69. The van der Waals surface area contributed by atoms with E-state index in [2.05, 4.69) is 9.89 Å². The fourth-order valence-corrected chi connectivity index (χ4v) is 2.72. The molecule has 5 nitrogen and oxygen atoms in total. The number of likely N-dealkylation sites (tertiary alicyclic amines) is 1. The minimum absolute atomic E-state index is 0.765. The first-order valence-corrected chi connectivity index (χ1v) is 8.26. The van der Waals surface area contributed by atoms with Gasteiger partial charge in [0.1, 0.15) is 12.1 Å². The molecule has 1 saturated heterocycles. The van der Waals surface area contributed by atoms with Crippen LogP contribution in [0.15, 0.2) is 29.3 Å². The summed E-state index contributed by atoms with van der Waals surface area (Å²) in [6, 6.07) is 7.52. The summed E-state index contributed by atoms with van der Waals surface area (Å²) in [6.07, 6.45) is 8.98. The highest BCUT2D eigenvalue weighted by molar-refractivity contribution is 5.59. The molecule has 2 rings (SSSR count). The van der Waals surface area contributed by atoms with Crippen molar-refractivity contribution in [1.82, 2.24) is 10.4 Å². The molecule has 0 unspecified atom stereocenters. The molecule has 1 aromatic carbocycles. The molecule has 0 amide bonds. The molecule has 122 valence electrons. The van der Waals surface area contributed by atoms with E-state index in [0.717, 1.165) is 24.5 Å². The monoisotopic (exact) mass is 305 g/mol. The maximum atomic E-state index is 8.43. The Labute approximate surface area is 133 Å². The van der Waals surface area contributed by atoms with E-state index >= 15 is 0 Å². The quantitative estimate of drug-likeness (QED) is 0.318. The van der Waals surface area contributed by atoms with Crippen LogP contribution < -0.4 is 10.2 Å². The summed E-state index contributed by atoms with van der Waals surface area (Å²) in [4.78, 5) is 6.57. The highest BCUT2D eigenvalue weighted by Gasteiger charge is 2.08. The summed E-state index contributed by atoms with van der Waals surface area (Å²) in [5.41, 5.74) is 2.66. The molecule has 1 aromatic rings. The van der Waals surface area contributed by atoms with Crippen LogP contribution in [0.1, 0.15) is 38.5 Å². The van der Waals surface area contributed by atoms with E-state index < -0.39 is 0 Å². The van der Waals surface area contributed by atoms with E-state index in [-0.39, 0.29) is 0 Å². The van der Waals surface area contributed by atoms with Gasteiger partial charge in [0.25, 0.3) is 0 Å². The van der Waals surface area contributed by atoms with Crippen molar-refractivity contribution < 1.29 is 9.94 Å². The third-order valence-electron chi connectivity index (χ3n) is 3.94. The van der Waals surface area contributed by atoms with Crippen molar-refractivity contribution in [3.8, 4) is 5.75 Å². The number of piperidine rings is 1. The lowest BCUT2D eigenvalue weighted by Gasteiger charge is -2.26. The molecule has 0 atom stereocenters. The molecule has 0 aliphatic carbocycles. The molecular formula is C17H27N3O2. The summed E-state index contributed by atoms with van der Waals surface area (Å²) in [7, 11) is 0. The van der Waals surface area contributed by atoms with E-state index in [1.165, 1.54) is 58.1 Å². The van der Waals surface area contributed by atoms with Crippen molar-refractivity contribution in [2.45, 2.75) is 38.5 Å². The summed E-state index contributed by atoms with van der Waals surface area (Å²) < 4.78 is 5.73. The second-order valence-electron chi connectivity index (χ2n) is 5.69. The van der Waals surface area contributed by atoms with E-state index in [1.807, 2.05) is 29.7 Å². The van der Waals surface area contributed by atoms with E-state index in [4.69, 9.17) is 9.94 Å². The minimum Gasteiger partial charge on any atom is -0.494 e. The number of ether oxygens (including phenoxy) is 1. The standard InChI is InChI=1S/C17H27N3O2/c21-19-15-18-16-7-9-17(10-8-16)22-14-6-2-5-13-20-11-3-1-4-12-20/h7-10,15,21H,1-6,11-14H2,(H,18,19). The highest BCUT2D eigenvalue weighted by Crippen LogP contribution is 2.18. The van der Waals surface area contributed by atoms with Gasteiger partial charge in [0.05, 0.1) is 12.3 Å². The molecule has 1 heterocycles. The van der Waals surface area contributed by atoms with Crippen molar-refractivity contribution in [3.63, 3.8) is 0 Å². The lowest BCUT2D eigenvalue weighted by molar-refractivity contribution is 0.221. The Bertz CT molecular complexity index is 428. The zero-order chi connectivity index (χ0) is 15.5. The van der Waals surface area contributed by atoms with Gasteiger partial charge in [0.15, 0.2) is 0 Å². The van der Waals surface area contributed by atoms with Gasteiger partial charge in [-0.25, -0.2) is 4.99 Å². The SMILES string of the molecule is ONC=Nc1ccc(OCCCCCN2CCCCC2)cc1. The molecule has 1 fully saturated rings. The smallest absolute Gasteiger partial charge is 0.119 e. The Morgan fingerprint density at radius 3 is 2.59 bits per heavy atom. The predicted octanol–water partition coefficient (Wildman–Crippen LogP) is 3.36. The number of benzene rings is 1. The van der Waals surface area contributed by atoms with Crippen LogP contribution in [0.2, 0.25) is 0 Å². The van der Waals surface area contributed by atoms with Crippen LogP contribution in [-0.2, 0) is 0 Å². The van der Waals surface area contributed by atoms with Gasteiger partial charge >= 0.3 is 0 Å². The predicted molar refractivity (Wildman–Crippen MR) is 89.2 cm³/mol. The first-order chi connectivity index (χ1) is 10.9. The summed E-state index contributed by atoms with van der Waals surface area (Å²) in [5, 5.41) is 8.43. The molecular weight excluding hydrogens is 278 g/mol. The third kappa shape index (κ3) is 6.45. The maximum Gasteiger partial charge on any atom is 0.119 e. The van der Waals surface area contributed by atoms with Gasteiger partial charge in [-0.2, -0.15) is 0 Å². The van der Waals surface area contributed by atoms with E-state index in [9.17, 15) is 0 Å². The Balaban J connectivity index is 1.53. The molecule has 0 radical (unpaired) electrons. The second kappa shape index (κ2) is 10.2. The van der Waals surface area contributed by atoms with E-state index in [0.29, 0.717) is 0 Å². The molecule has 0 spiro atoms. The largest absolute Gasteiger partial charge is 0.494 e. The van der Waals surface area contributed by atoms with Crippen molar-refractivity contribution >= 4 is 12.0 Å². The summed E-state index contributed by atoms with van der Waals surface area (Å²) in [6.45, 7) is 4.58. The fourth-order valence-electron chi connectivity index (χ4n) is 2.72. The van der Waals surface area contributed by atoms with Crippen molar-refractivity contribution in [3.05, 3.63) is 24.3 Å². The van der Waals surface area contributed by atoms with Crippen LogP contribution in [0.25, 0.3) is 0 Å². The van der Waals surface area contributed by atoms with Gasteiger partial charge in [0.2, 0.25) is 0 Å². The number of hydroxylamine groups is 1. The van der Waals surface area contributed by atoms with Crippen LogP contribution in [0.5, 0.6) is 5.75 Å². The highest BCUT2D eigenvalue weighted by atomic mass is 16.5. The Morgan fingerprint density at radius 1 is 1.09 bits per heavy atom. The lowest BCUT2D eigenvalue weighted by Crippen LogP contribution is -2.30. The molecule has 2 N–H and O–H groups in total. The number of nitrogens with zero attached hydrogens (tertiary/aromatic N) is 2. The molecule has 0 bridgehead atoms. The Morgan fingerprint density at radius 2 is 1.86 bits per heavy atom. The number of hydrogen-bond donors (Lipinski definition) is 2. The number of nitrogens with one attached hydrogen (secondary N) is 1. The number of unbranched alkanes of at least 4 members (excludes halogenated alkanes) is 2. The van der Waals surface area contributed by atoms with Gasteiger partial charge in [-0.05, 0) is 76.0 Å². The van der Waals surface area contributed by atoms with Gasteiger partial charge in [-0.15, -0.1) is 0 Å². The average Bonchev–Trinajstić information content (AvgIpc) is 2.58. The van der Waals surface area contributed by atoms with Crippen molar-refractivity contribution in [2.24, 2.45) is 4.99 Å². The number of hydrogen-bond acceptors (Lipinski definition) is 4. The molecule has 5 heteroatoms. The molecule has 22 heavy (non-hydrogen) atoms. The normalized spacial score (nSPS) is 16.0. The average molecular weight is 305 g/mol. The van der Waals surface area contributed by atoms with Gasteiger partial charge < -0.3 is 9.64 Å². The first kappa shape index (κ1) is 16.8. The van der Waals surface area contributed by atoms with Gasteiger partial charge in [-0.1, -0.05) is 6.42 Å². The first-order valence-electron chi connectivity index (χ1n) is 8.26. The van der Waals surface area contributed by atoms with E-state index in [1.54, 1.807) is 0 Å². The number of rotatable bonds is 9. The minimum atomic E-state index is 0.765. The molecule has 1 aliphatic heterocycles. The van der Waals surface area contributed by atoms with Crippen molar-refractivity contribution in [2.75, 3.05) is 26.2 Å². The lowest BCUT2D eigenvalue weighted by atomic mass is 10.1. The Kier molecular flexibility index (Phi) is 7.77.